The first-order chi connectivity index (χ1) is 6.95. The first-order valence-electron chi connectivity index (χ1n) is 5.14. The van der Waals surface area contributed by atoms with E-state index in [2.05, 4.69) is 41.6 Å². The summed E-state index contributed by atoms with van der Waals surface area (Å²) in [6.07, 6.45) is 16.9. The van der Waals surface area contributed by atoms with Crippen molar-refractivity contribution in [2.75, 3.05) is 13.1 Å². The van der Waals surface area contributed by atoms with Gasteiger partial charge in [0, 0.05) is 0 Å². The second-order valence-corrected chi connectivity index (χ2v) is 15.6. The summed E-state index contributed by atoms with van der Waals surface area (Å²) < 4.78 is 2.32. The van der Waals surface area contributed by atoms with Crippen LogP contribution >= 0.6 is 0 Å². The van der Waals surface area contributed by atoms with Gasteiger partial charge in [-0.1, -0.05) is 13.8 Å². The molecule has 0 saturated carbocycles. The van der Waals surface area contributed by atoms with Crippen molar-refractivity contribution in [1.29, 1.82) is 0 Å². The minimum Gasteiger partial charge on any atom is -0.315 e. The van der Waals surface area contributed by atoms with Gasteiger partial charge in [0.25, 0.3) is 0 Å². The molecule has 0 rings (SSSR count). The van der Waals surface area contributed by atoms with Crippen LogP contribution < -0.4 is 0 Å². The lowest BCUT2D eigenvalue weighted by Gasteiger charge is -2.40. The molecule has 15 heavy (non-hydrogen) atoms. The summed E-state index contributed by atoms with van der Waals surface area (Å²) in [4.78, 5) is 0. The summed E-state index contributed by atoms with van der Waals surface area (Å²) in [5.41, 5.74) is 8.66. The standard InChI is InChI=1S/C12H19NSi2/c1-8-13(9-2)15(7,12-5)14(6,10-3)11-4/h3-5H,8-9H2,1-2,6-7H3. The lowest BCUT2D eigenvalue weighted by molar-refractivity contribution is 0.482. The number of hydrogen-bond acceptors (Lipinski definition) is 1. The largest absolute Gasteiger partial charge is 0.315 e. The highest BCUT2D eigenvalue weighted by molar-refractivity contribution is 7.49. The zero-order chi connectivity index (χ0) is 12.1. The summed E-state index contributed by atoms with van der Waals surface area (Å²) in [7, 11) is -4.25. The maximum Gasteiger partial charge on any atom is 0.233 e. The molecule has 0 radical (unpaired) electrons. The molecule has 1 nitrogen and oxygen atoms in total. The van der Waals surface area contributed by atoms with Gasteiger partial charge < -0.3 is 4.57 Å². The van der Waals surface area contributed by atoms with Crippen LogP contribution in [-0.2, 0) is 0 Å². The quantitative estimate of drug-likeness (QED) is 0.526. The monoisotopic (exact) mass is 233 g/mol. The SMILES string of the molecule is C#C[Si](C)(C#C)[Si](C)(C#C)N(CC)CC. The normalized spacial score (nSPS) is 14.8. The molecule has 0 fully saturated rings. The fraction of sp³-hybridized carbons (Fsp3) is 0.500. The first kappa shape index (κ1) is 14.1. The molecule has 0 aromatic heterocycles. The van der Waals surface area contributed by atoms with Gasteiger partial charge in [-0.15, -0.1) is 35.9 Å². The van der Waals surface area contributed by atoms with Crippen LogP contribution in [0.4, 0.5) is 0 Å². The van der Waals surface area contributed by atoms with Crippen LogP contribution in [0.2, 0.25) is 13.1 Å². The third-order valence-electron chi connectivity index (χ3n) is 3.23. The average molecular weight is 233 g/mol. The molecule has 0 aromatic carbocycles. The predicted octanol–water partition coefficient (Wildman–Crippen LogP) is 1.58. The number of nitrogens with zero attached hydrogens (tertiary/aromatic N) is 1. The fourth-order valence-corrected chi connectivity index (χ4v) is 10.1. The Kier molecular flexibility index (Phi) is 4.92. The highest BCUT2D eigenvalue weighted by Crippen LogP contribution is 2.21. The molecule has 80 valence electrons. The molecule has 1 atom stereocenters. The lowest BCUT2D eigenvalue weighted by Crippen LogP contribution is -2.68. The van der Waals surface area contributed by atoms with Crippen molar-refractivity contribution in [3.8, 4) is 35.9 Å². The third-order valence-corrected chi connectivity index (χ3v) is 16.9. The van der Waals surface area contributed by atoms with Gasteiger partial charge in [-0.2, -0.15) is 0 Å². The summed E-state index contributed by atoms with van der Waals surface area (Å²) >= 11 is 0. The highest BCUT2D eigenvalue weighted by Gasteiger charge is 2.50. The molecule has 0 N–H and O–H groups in total. The van der Waals surface area contributed by atoms with E-state index in [1.165, 1.54) is 0 Å². The fourth-order valence-electron chi connectivity index (χ4n) is 1.73. The Morgan fingerprint density at radius 1 is 0.933 bits per heavy atom. The molecule has 1 unspecified atom stereocenters. The number of rotatable bonds is 4. The van der Waals surface area contributed by atoms with E-state index in [9.17, 15) is 0 Å². The van der Waals surface area contributed by atoms with Crippen LogP contribution in [0.25, 0.3) is 0 Å². The summed E-state index contributed by atoms with van der Waals surface area (Å²) in [5, 5.41) is 0. The Hall–Kier alpha value is -0.926. The van der Waals surface area contributed by atoms with Gasteiger partial charge in [0.05, 0.1) is 0 Å². The Bertz CT molecular complexity index is 324. The molecule has 0 spiro atoms. The van der Waals surface area contributed by atoms with E-state index >= 15 is 0 Å². The van der Waals surface area contributed by atoms with Crippen molar-refractivity contribution in [2.45, 2.75) is 26.9 Å². The third kappa shape index (κ3) is 2.19. The van der Waals surface area contributed by atoms with Crippen LogP contribution in [0.5, 0.6) is 0 Å². The maximum absolute atomic E-state index is 5.71. The second-order valence-electron chi connectivity index (χ2n) is 3.80. The highest BCUT2D eigenvalue weighted by atomic mass is 29.3. The Balaban J connectivity index is 5.50. The Morgan fingerprint density at radius 2 is 1.33 bits per heavy atom. The molecule has 0 heterocycles. The second kappa shape index (κ2) is 5.24. The van der Waals surface area contributed by atoms with Crippen molar-refractivity contribution in [2.24, 2.45) is 0 Å². The van der Waals surface area contributed by atoms with E-state index in [4.69, 9.17) is 19.3 Å². The van der Waals surface area contributed by atoms with E-state index in [0.29, 0.717) is 0 Å². The minimum atomic E-state index is -2.17. The van der Waals surface area contributed by atoms with Gasteiger partial charge in [0.1, 0.15) is 0 Å². The van der Waals surface area contributed by atoms with Gasteiger partial charge in [0.15, 0.2) is 0 Å². The molecule has 0 bridgehead atoms. The van der Waals surface area contributed by atoms with Crippen LogP contribution in [0, 0.1) is 35.9 Å². The molecule has 0 aliphatic rings. The van der Waals surface area contributed by atoms with E-state index in [0.717, 1.165) is 13.1 Å². The van der Waals surface area contributed by atoms with Crippen molar-refractivity contribution in [3.63, 3.8) is 0 Å². The summed E-state index contributed by atoms with van der Waals surface area (Å²) in [6.45, 7) is 10.2. The van der Waals surface area contributed by atoms with Crippen LogP contribution in [0.1, 0.15) is 13.8 Å². The molecule has 0 aliphatic heterocycles. The Morgan fingerprint density at radius 3 is 1.53 bits per heavy atom. The van der Waals surface area contributed by atoms with E-state index in [-0.39, 0.29) is 0 Å². The van der Waals surface area contributed by atoms with Crippen molar-refractivity contribution < 1.29 is 0 Å². The first-order valence-corrected chi connectivity index (χ1v) is 11.1. The van der Waals surface area contributed by atoms with E-state index in [1.807, 2.05) is 6.55 Å². The average Bonchev–Trinajstić information content (AvgIpc) is 2.28. The molecule has 0 amide bonds. The van der Waals surface area contributed by atoms with E-state index < -0.39 is 15.3 Å². The molecular weight excluding hydrogens is 214 g/mol. The minimum absolute atomic E-state index is 0.926. The van der Waals surface area contributed by atoms with Gasteiger partial charge in [0.2, 0.25) is 15.3 Å². The van der Waals surface area contributed by atoms with E-state index in [1.54, 1.807) is 0 Å². The topological polar surface area (TPSA) is 3.24 Å². The Labute approximate surface area is 96.1 Å². The van der Waals surface area contributed by atoms with Crippen LogP contribution in [0.15, 0.2) is 0 Å². The maximum atomic E-state index is 5.71. The molecule has 0 aromatic rings. The molecule has 0 aliphatic carbocycles. The molecule has 0 saturated heterocycles. The summed E-state index contributed by atoms with van der Waals surface area (Å²) in [5.74, 6) is 0. The van der Waals surface area contributed by atoms with Crippen molar-refractivity contribution in [1.82, 2.24) is 4.57 Å². The van der Waals surface area contributed by atoms with Gasteiger partial charge >= 0.3 is 0 Å². The zero-order valence-electron chi connectivity index (χ0n) is 10.1. The van der Waals surface area contributed by atoms with Gasteiger partial charge in [-0.25, -0.2) is 0 Å². The molecular formula is C12H19NSi2. The van der Waals surface area contributed by atoms with Crippen molar-refractivity contribution >= 4 is 15.3 Å². The van der Waals surface area contributed by atoms with Crippen LogP contribution in [0.3, 0.4) is 0 Å². The van der Waals surface area contributed by atoms with Crippen LogP contribution in [-0.4, -0.2) is 33.0 Å². The molecule has 3 heteroatoms. The van der Waals surface area contributed by atoms with Gasteiger partial charge in [-0.05, 0) is 26.2 Å². The number of terminal acetylenes is 3. The van der Waals surface area contributed by atoms with Gasteiger partial charge in [-0.3, -0.25) is 0 Å². The zero-order valence-corrected chi connectivity index (χ0v) is 12.1. The number of hydrogen-bond donors (Lipinski definition) is 0. The predicted molar refractivity (Wildman–Crippen MR) is 72.7 cm³/mol. The lowest BCUT2D eigenvalue weighted by atomic mass is 10.7. The summed E-state index contributed by atoms with van der Waals surface area (Å²) in [6, 6.07) is 0. The van der Waals surface area contributed by atoms with Crippen molar-refractivity contribution in [3.05, 3.63) is 0 Å². The smallest absolute Gasteiger partial charge is 0.233 e.